The summed E-state index contributed by atoms with van der Waals surface area (Å²) in [5.41, 5.74) is 12.3. The standard InChI is InChI=1S/C44H60N2O2/c1-27-17-15-19-35(45-25-29-21-31(41(3,4)5)23-33(39(29)47)43(9,10)11)37(27)38-28(2)18-16-20-36(38)46-26-30-22-32(42(6,7)8)24-34(40(30)48)44(12,13)14/h15-24,45-48H,25-26H2,1-14H3. The quantitative estimate of drug-likeness (QED) is 0.161. The second-order valence-corrected chi connectivity index (χ2v) is 17.8. The van der Waals surface area contributed by atoms with Gasteiger partial charge >= 0.3 is 0 Å². The fourth-order valence-electron chi connectivity index (χ4n) is 6.34. The van der Waals surface area contributed by atoms with Gasteiger partial charge in [0.25, 0.3) is 0 Å². The van der Waals surface area contributed by atoms with Crippen LogP contribution in [0.1, 0.15) is 128 Å². The monoisotopic (exact) mass is 648 g/mol. The van der Waals surface area contributed by atoms with Crippen molar-refractivity contribution in [1.82, 2.24) is 0 Å². The maximum Gasteiger partial charge on any atom is 0.124 e. The van der Waals surface area contributed by atoms with Crippen LogP contribution in [-0.2, 0) is 34.7 Å². The van der Waals surface area contributed by atoms with E-state index in [0.717, 1.165) is 55.9 Å². The van der Waals surface area contributed by atoms with Gasteiger partial charge in [-0.15, -0.1) is 0 Å². The van der Waals surface area contributed by atoms with Crippen LogP contribution < -0.4 is 10.6 Å². The first-order chi connectivity index (χ1) is 22.0. The Balaban J connectivity index is 1.76. The molecule has 0 aliphatic heterocycles. The van der Waals surface area contributed by atoms with Crippen LogP contribution in [0, 0.1) is 13.8 Å². The molecule has 0 radical (unpaired) electrons. The molecule has 0 fully saturated rings. The number of rotatable bonds is 7. The summed E-state index contributed by atoms with van der Waals surface area (Å²) in [5.74, 6) is 0.727. The highest BCUT2D eigenvalue weighted by Gasteiger charge is 2.27. The minimum absolute atomic E-state index is 0.0485. The van der Waals surface area contributed by atoms with Crippen molar-refractivity contribution in [2.75, 3.05) is 10.6 Å². The maximum absolute atomic E-state index is 11.5. The molecule has 4 heteroatoms. The van der Waals surface area contributed by atoms with Gasteiger partial charge in [-0.05, 0) is 93.2 Å². The maximum atomic E-state index is 11.5. The highest BCUT2D eigenvalue weighted by Crippen LogP contribution is 2.42. The van der Waals surface area contributed by atoms with Crippen LogP contribution in [0.25, 0.3) is 11.1 Å². The van der Waals surface area contributed by atoms with Crippen LogP contribution in [0.15, 0.2) is 60.7 Å². The van der Waals surface area contributed by atoms with Crippen molar-refractivity contribution in [3.05, 3.63) is 105 Å². The summed E-state index contributed by atoms with van der Waals surface area (Å²) in [4.78, 5) is 0. The third kappa shape index (κ3) is 8.02. The molecular formula is C44H60N2O2. The number of anilines is 2. The molecule has 0 unspecified atom stereocenters. The third-order valence-electron chi connectivity index (χ3n) is 9.46. The van der Waals surface area contributed by atoms with Gasteiger partial charge in [0, 0.05) is 46.7 Å². The van der Waals surface area contributed by atoms with E-state index in [9.17, 15) is 10.2 Å². The molecule has 4 nitrogen and oxygen atoms in total. The number of phenols is 2. The Morgan fingerprint density at radius 3 is 1.10 bits per heavy atom. The molecule has 4 aromatic carbocycles. The lowest BCUT2D eigenvalue weighted by atomic mass is 9.79. The van der Waals surface area contributed by atoms with Gasteiger partial charge in [0.2, 0.25) is 0 Å². The molecule has 0 bridgehead atoms. The SMILES string of the molecule is Cc1cccc(NCc2cc(C(C)(C)C)cc(C(C)(C)C)c2O)c1-c1c(C)cccc1NCc1cc(C(C)(C)C)cc(C(C)(C)C)c1O. The molecule has 0 saturated heterocycles. The van der Waals surface area contributed by atoms with Crippen molar-refractivity contribution in [1.29, 1.82) is 0 Å². The number of phenolic OH excluding ortho intramolecular Hbond substituents is 2. The lowest BCUT2D eigenvalue weighted by Gasteiger charge is -2.28. The number of hydrogen-bond donors (Lipinski definition) is 4. The minimum Gasteiger partial charge on any atom is -0.507 e. The van der Waals surface area contributed by atoms with Crippen LogP contribution in [-0.4, -0.2) is 10.2 Å². The molecule has 0 aromatic heterocycles. The Morgan fingerprint density at radius 2 is 0.812 bits per heavy atom. The molecule has 48 heavy (non-hydrogen) atoms. The van der Waals surface area contributed by atoms with Crippen LogP contribution in [0.3, 0.4) is 0 Å². The second-order valence-electron chi connectivity index (χ2n) is 17.8. The van der Waals surface area contributed by atoms with Gasteiger partial charge in [-0.3, -0.25) is 0 Å². The van der Waals surface area contributed by atoms with Gasteiger partial charge < -0.3 is 20.8 Å². The largest absolute Gasteiger partial charge is 0.507 e. The van der Waals surface area contributed by atoms with E-state index in [4.69, 9.17) is 0 Å². The van der Waals surface area contributed by atoms with Gasteiger partial charge in [0.1, 0.15) is 11.5 Å². The molecule has 0 atom stereocenters. The molecule has 4 rings (SSSR count). The Bertz CT molecular complexity index is 1650. The minimum atomic E-state index is -0.190. The molecule has 0 aliphatic rings. The van der Waals surface area contributed by atoms with Crippen LogP contribution >= 0.6 is 0 Å². The average Bonchev–Trinajstić information content (AvgIpc) is 2.94. The summed E-state index contributed by atoms with van der Waals surface area (Å²) in [5, 5.41) is 30.4. The first-order valence-corrected chi connectivity index (χ1v) is 17.4. The van der Waals surface area contributed by atoms with Gasteiger partial charge in [-0.1, -0.05) is 119 Å². The number of aromatic hydroxyl groups is 2. The Hall–Kier alpha value is -3.92. The number of benzene rings is 4. The van der Waals surface area contributed by atoms with Crippen LogP contribution in [0.5, 0.6) is 11.5 Å². The Kier molecular flexibility index (Phi) is 10.1. The predicted molar refractivity (Wildman–Crippen MR) is 207 cm³/mol. The fraction of sp³-hybridized carbons (Fsp3) is 0.455. The van der Waals surface area contributed by atoms with E-state index in [1.807, 2.05) is 0 Å². The van der Waals surface area contributed by atoms with Crippen LogP contribution in [0.4, 0.5) is 11.4 Å². The summed E-state index contributed by atoms with van der Waals surface area (Å²) in [7, 11) is 0. The smallest absolute Gasteiger partial charge is 0.124 e. The van der Waals surface area contributed by atoms with E-state index in [-0.39, 0.29) is 21.7 Å². The molecule has 4 aromatic rings. The lowest BCUT2D eigenvalue weighted by Crippen LogP contribution is -2.18. The molecule has 258 valence electrons. The van der Waals surface area contributed by atoms with Gasteiger partial charge in [-0.2, -0.15) is 0 Å². The van der Waals surface area contributed by atoms with E-state index in [2.05, 4.69) is 168 Å². The summed E-state index contributed by atoms with van der Waals surface area (Å²) < 4.78 is 0. The van der Waals surface area contributed by atoms with E-state index >= 15 is 0 Å². The first-order valence-electron chi connectivity index (χ1n) is 17.4. The first kappa shape index (κ1) is 36.9. The summed E-state index contributed by atoms with van der Waals surface area (Å²) in [6.45, 7) is 31.5. The Labute approximate surface area is 291 Å². The van der Waals surface area contributed by atoms with Gasteiger partial charge in [0.05, 0.1) is 0 Å². The highest BCUT2D eigenvalue weighted by atomic mass is 16.3. The van der Waals surface area contributed by atoms with Crippen molar-refractivity contribution in [2.45, 2.75) is 132 Å². The number of nitrogens with one attached hydrogen (secondary N) is 2. The molecule has 0 spiro atoms. The zero-order valence-corrected chi connectivity index (χ0v) is 32.1. The molecular weight excluding hydrogens is 588 g/mol. The zero-order valence-electron chi connectivity index (χ0n) is 32.1. The van der Waals surface area contributed by atoms with Crippen molar-refractivity contribution in [2.24, 2.45) is 0 Å². The summed E-state index contributed by atoms with van der Waals surface area (Å²) >= 11 is 0. The lowest BCUT2D eigenvalue weighted by molar-refractivity contribution is 0.438. The van der Waals surface area contributed by atoms with Crippen molar-refractivity contribution < 1.29 is 10.2 Å². The number of aryl methyl sites for hydroxylation is 2. The molecule has 0 aliphatic carbocycles. The molecule has 0 saturated carbocycles. The van der Waals surface area contributed by atoms with E-state index in [0.29, 0.717) is 24.6 Å². The number of hydrogen-bond acceptors (Lipinski definition) is 4. The van der Waals surface area contributed by atoms with Gasteiger partial charge in [0.15, 0.2) is 0 Å². The molecule has 0 amide bonds. The highest BCUT2D eigenvalue weighted by molar-refractivity contribution is 5.90. The van der Waals surface area contributed by atoms with E-state index in [1.165, 1.54) is 11.1 Å². The topological polar surface area (TPSA) is 64.5 Å². The third-order valence-corrected chi connectivity index (χ3v) is 9.46. The second kappa shape index (κ2) is 13.2. The molecule has 0 heterocycles. The van der Waals surface area contributed by atoms with Crippen molar-refractivity contribution in [3.63, 3.8) is 0 Å². The van der Waals surface area contributed by atoms with E-state index in [1.54, 1.807) is 0 Å². The normalized spacial score (nSPS) is 12.7. The van der Waals surface area contributed by atoms with Crippen molar-refractivity contribution in [3.8, 4) is 22.6 Å². The fourth-order valence-corrected chi connectivity index (χ4v) is 6.34. The zero-order chi connectivity index (χ0) is 36.0. The predicted octanol–water partition coefficient (Wildman–Crippen LogP) is 11.8. The van der Waals surface area contributed by atoms with E-state index < -0.39 is 0 Å². The molecule has 4 N–H and O–H groups in total. The Morgan fingerprint density at radius 1 is 0.479 bits per heavy atom. The van der Waals surface area contributed by atoms with Crippen molar-refractivity contribution >= 4 is 11.4 Å². The summed E-state index contributed by atoms with van der Waals surface area (Å²) in [6, 6.07) is 21.4. The average molecular weight is 649 g/mol. The van der Waals surface area contributed by atoms with Crippen LogP contribution in [0.2, 0.25) is 0 Å². The van der Waals surface area contributed by atoms with Gasteiger partial charge in [-0.25, -0.2) is 0 Å². The summed E-state index contributed by atoms with van der Waals surface area (Å²) in [6.07, 6.45) is 0.